The van der Waals surface area contributed by atoms with Gasteiger partial charge in [-0.3, -0.25) is 4.79 Å². The molecular formula is C12H12BrNO3. The van der Waals surface area contributed by atoms with Crippen LogP contribution in [0.3, 0.4) is 0 Å². The lowest BCUT2D eigenvalue weighted by molar-refractivity contribution is 0.0983. The highest BCUT2D eigenvalue weighted by atomic mass is 79.9. The largest absolute Gasteiger partial charge is 0.493 e. The Kier molecular flexibility index (Phi) is 4.98. The molecule has 1 aromatic rings. The monoisotopic (exact) mass is 297 g/mol. The number of benzene rings is 1. The van der Waals surface area contributed by atoms with Crippen LogP contribution >= 0.6 is 15.9 Å². The quantitative estimate of drug-likeness (QED) is 0.784. The maximum absolute atomic E-state index is 11.8. The average molecular weight is 298 g/mol. The van der Waals surface area contributed by atoms with Crippen LogP contribution in [-0.4, -0.2) is 20.0 Å². The molecule has 0 saturated heterocycles. The molecule has 0 aliphatic rings. The van der Waals surface area contributed by atoms with Crippen molar-refractivity contribution in [2.24, 2.45) is 0 Å². The molecule has 1 aromatic carbocycles. The summed E-state index contributed by atoms with van der Waals surface area (Å²) in [5.41, 5.74) is 0.498. The van der Waals surface area contributed by atoms with E-state index in [-0.39, 0.29) is 18.6 Å². The van der Waals surface area contributed by atoms with Gasteiger partial charge >= 0.3 is 0 Å². The lowest BCUT2D eigenvalue weighted by atomic mass is 10.1. The predicted octanol–water partition coefficient (Wildman–Crippen LogP) is 2.95. The fourth-order valence-electron chi connectivity index (χ4n) is 1.37. The van der Waals surface area contributed by atoms with Gasteiger partial charge in [0.05, 0.1) is 20.3 Å². The van der Waals surface area contributed by atoms with Crippen molar-refractivity contribution in [3.63, 3.8) is 0 Å². The number of nitriles is 1. The Bertz CT molecular complexity index is 466. The number of rotatable bonds is 5. The average Bonchev–Trinajstić information content (AvgIpc) is 2.35. The van der Waals surface area contributed by atoms with Gasteiger partial charge in [0.2, 0.25) is 0 Å². The third-order valence-corrected chi connectivity index (χ3v) is 2.89. The van der Waals surface area contributed by atoms with Crippen molar-refractivity contribution in [3.8, 4) is 17.6 Å². The second-order valence-electron chi connectivity index (χ2n) is 3.27. The van der Waals surface area contributed by atoms with Crippen LogP contribution in [0.2, 0.25) is 0 Å². The standard InChI is InChI=1S/C12H12BrNO3/c1-16-11-6-8(10(15)4-3-5-14)9(13)7-12(11)17-2/h6-7H,3-4H2,1-2H3. The Balaban J connectivity index is 3.09. The Hall–Kier alpha value is -1.54. The highest BCUT2D eigenvalue weighted by molar-refractivity contribution is 9.10. The topological polar surface area (TPSA) is 59.3 Å². The number of Topliss-reactive ketones (excluding diaryl/α,β-unsaturated/α-hetero) is 1. The predicted molar refractivity (Wildman–Crippen MR) is 66.4 cm³/mol. The Morgan fingerprint density at radius 3 is 2.47 bits per heavy atom. The van der Waals surface area contributed by atoms with Crippen LogP contribution in [-0.2, 0) is 0 Å². The summed E-state index contributed by atoms with van der Waals surface area (Å²) in [4.78, 5) is 11.8. The van der Waals surface area contributed by atoms with E-state index in [0.29, 0.717) is 21.5 Å². The number of hydrogen-bond acceptors (Lipinski definition) is 4. The Labute approximate surface area is 108 Å². The van der Waals surface area contributed by atoms with Crippen LogP contribution in [0.25, 0.3) is 0 Å². The Morgan fingerprint density at radius 1 is 1.35 bits per heavy atom. The van der Waals surface area contributed by atoms with Crippen LogP contribution in [0.1, 0.15) is 23.2 Å². The summed E-state index contributed by atoms with van der Waals surface area (Å²) in [7, 11) is 3.04. The van der Waals surface area contributed by atoms with E-state index < -0.39 is 0 Å². The second-order valence-corrected chi connectivity index (χ2v) is 4.12. The molecule has 90 valence electrons. The second kappa shape index (κ2) is 6.26. The van der Waals surface area contributed by atoms with E-state index in [4.69, 9.17) is 14.7 Å². The van der Waals surface area contributed by atoms with E-state index >= 15 is 0 Å². The van der Waals surface area contributed by atoms with Gasteiger partial charge in [0.25, 0.3) is 0 Å². The van der Waals surface area contributed by atoms with E-state index in [0.717, 1.165) is 0 Å². The molecular weight excluding hydrogens is 286 g/mol. The summed E-state index contributed by atoms with van der Waals surface area (Å²) in [6.07, 6.45) is 0.407. The molecule has 0 unspecified atom stereocenters. The number of ether oxygens (including phenoxy) is 2. The molecule has 0 spiro atoms. The highest BCUT2D eigenvalue weighted by Gasteiger charge is 2.15. The van der Waals surface area contributed by atoms with Gasteiger partial charge in [0.1, 0.15) is 0 Å². The molecule has 0 aromatic heterocycles. The maximum Gasteiger partial charge on any atom is 0.165 e. The molecule has 0 saturated carbocycles. The first kappa shape index (κ1) is 13.5. The van der Waals surface area contributed by atoms with Crippen molar-refractivity contribution in [1.82, 2.24) is 0 Å². The molecule has 0 atom stereocenters. The summed E-state index contributed by atoms with van der Waals surface area (Å²) in [5, 5.41) is 8.46. The van der Waals surface area contributed by atoms with Gasteiger partial charge in [-0.15, -0.1) is 0 Å². The van der Waals surface area contributed by atoms with E-state index in [9.17, 15) is 4.79 Å². The minimum absolute atomic E-state index is 0.0978. The fourth-order valence-corrected chi connectivity index (χ4v) is 1.92. The van der Waals surface area contributed by atoms with Gasteiger partial charge < -0.3 is 9.47 Å². The molecule has 0 aliphatic heterocycles. The zero-order chi connectivity index (χ0) is 12.8. The van der Waals surface area contributed by atoms with E-state index in [1.54, 1.807) is 12.1 Å². The minimum atomic E-state index is -0.0978. The van der Waals surface area contributed by atoms with Crippen molar-refractivity contribution >= 4 is 21.7 Å². The summed E-state index contributed by atoms with van der Waals surface area (Å²) in [5.74, 6) is 0.951. The lowest BCUT2D eigenvalue weighted by Gasteiger charge is -2.10. The van der Waals surface area contributed by atoms with Gasteiger partial charge in [-0.1, -0.05) is 0 Å². The number of hydrogen-bond donors (Lipinski definition) is 0. The molecule has 17 heavy (non-hydrogen) atoms. The van der Waals surface area contributed by atoms with Crippen LogP contribution in [0, 0.1) is 11.3 Å². The molecule has 0 heterocycles. The Morgan fingerprint density at radius 2 is 1.94 bits per heavy atom. The van der Waals surface area contributed by atoms with Crippen molar-refractivity contribution in [3.05, 3.63) is 22.2 Å². The molecule has 4 nitrogen and oxygen atoms in total. The molecule has 0 aliphatic carbocycles. The van der Waals surface area contributed by atoms with Crippen molar-refractivity contribution < 1.29 is 14.3 Å². The van der Waals surface area contributed by atoms with Crippen LogP contribution in [0.15, 0.2) is 16.6 Å². The molecule has 0 N–H and O–H groups in total. The van der Waals surface area contributed by atoms with Gasteiger partial charge in [-0.2, -0.15) is 5.26 Å². The zero-order valence-corrected chi connectivity index (χ0v) is 11.2. The highest BCUT2D eigenvalue weighted by Crippen LogP contribution is 2.33. The van der Waals surface area contributed by atoms with E-state index in [1.165, 1.54) is 14.2 Å². The van der Waals surface area contributed by atoms with Crippen molar-refractivity contribution in [2.45, 2.75) is 12.8 Å². The first-order chi connectivity index (χ1) is 8.13. The number of carbonyl (C=O) groups excluding carboxylic acids is 1. The number of halogens is 1. The first-order valence-corrected chi connectivity index (χ1v) is 5.75. The van der Waals surface area contributed by atoms with Crippen LogP contribution in [0.5, 0.6) is 11.5 Å². The number of methoxy groups -OCH3 is 2. The first-order valence-electron chi connectivity index (χ1n) is 4.95. The molecule has 0 radical (unpaired) electrons. The van der Waals surface area contributed by atoms with Crippen LogP contribution < -0.4 is 9.47 Å². The van der Waals surface area contributed by atoms with Crippen molar-refractivity contribution in [1.29, 1.82) is 5.26 Å². The van der Waals surface area contributed by atoms with Crippen molar-refractivity contribution in [2.75, 3.05) is 14.2 Å². The third-order valence-electron chi connectivity index (χ3n) is 2.24. The van der Waals surface area contributed by atoms with E-state index in [2.05, 4.69) is 15.9 Å². The molecule has 0 bridgehead atoms. The maximum atomic E-state index is 11.8. The molecule has 5 heteroatoms. The van der Waals surface area contributed by atoms with Gasteiger partial charge in [0, 0.05) is 22.9 Å². The van der Waals surface area contributed by atoms with Gasteiger partial charge in [-0.25, -0.2) is 0 Å². The molecule has 1 rings (SSSR count). The lowest BCUT2D eigenvalue weighted by Crippen LogP contribution is -2.01. The summed E-state index contributed by atoms with van der Waals surface area (Å²) in [6, 6.07) is 5.24. The zero-order valence-electron chi connectivity index (χ0n) is 9.62. The summed E-state index contributed by atoms with van der Waals surface area (Å²) in [6.45, 7) is 0. The molecule has 0 amide bonds. The number of nitrogens with zero attached hydrogens (tertiary/aromatic N) is 1. The minimum Gasteiger partial charge on any atom is -0.493 e. The normalized spacial score (nSPS) is 9.53. The smallest absolute Gasteiger partial charge is 0.165 e. The summed E-state index contributed by atoms with van der Waals surface area (Å²) >= 11 is 3.30. The SMILES string of the molecule is COc1cc(Br)c(C(=O)CCC#N)cc1OC. The van der Waals surface area contributed by atoms with Gasteiger partial charge in [-0.05, 0) is 28.1 Å². The number of carbonyl (C=O) groups is 1. The number of ketones is 1. The van der Waals surface area contributed by atoms with E-state index in [1.807, 2.05) is 6.07 Å². The third kappa shape index (κ3) is 3.21. The molecule has 0 fully saturated rings. The van der Waals surface area contributed by atoms with Crippen LogP contribution in [0.4, 0.5) is 0 Å². The summed E-state index contributed by atoms with van der Waals surface area (Å²) < 4.78 is 10.9. The fraction of sp³-hybridized carbons (Fsp3) is 0.333. The van der Waals surface area contributed by atoms with Gasteiger partial charge in [0.15, 0.2) is 17.3 Å².